The van der Waals surface area contributed by atoms with Gasteiger partial charge in [-0.3, -0.25) is 0 Å². The molecule has 0 saturated heterocycles. The zero-order valence-corrected chi connectivity index (χ0v) is 25.6. The predicted octanol–water partition coefficient (Wildman–Crippen LogP) is 8.34. The van der Waals surface area contributed by atoms with Crippen molar-refractivity contribution in [2.24, 2.45) is 0 Å². The molecule has 3 heteroatoms. The third-order valence-electron chi connectivity index (χ3n) is 10.9. The normalized spacial score (nSPS) is 19.1. The Morgan fingerprint density at radius 1 is 0.732 bits per heavy atom. The molecule has 0 fully saturated rings. The van der Waals surface area contributed by atoms with Crippen LogP contribution in [0.5, 0.6) is 0 Å². The van der Waals surface area contributed by atoms with Crippen molar-refractivity contribution in [3.05, 3.63) is 113 Å². The van der Waals surface area contributed by atoms with E-state index in [0.29, 0.717) is 6.71 Å². The van der Waals surface area contributed by atoms with E-state index < -0.39 is 0 Å². The average molecular weight is 552 g/mol. The molecular weight excluding hydrogens is 513 g/mol. The molecule has 4 aromatic rings. The number of benzene rings is 4. The summed E-state index contributed by atoms with van der Waals surface area (Å²) in [7, 11) is 0. The lowest BCUT2D eigenvalue weighted by atomic mass is 9.31. The van der Waals surface area contributed by atoms with Crippen molar-refractivity contribution in [3.63, 3.8) is 0 Å². The summed E-state index contributed by atoms with van der Waals surface area (Å²) in [5.74, 6) is 0. The summed E-state index contributed by atoms with van der Waals surface area (Å²) in [5.41, 5.74) is 15.1. The minimum atomic E-state index is 0.0814. The van der Waals surface area contributed by atoms with E-state index in [1.165, 1.54) is 62.5 Å². The first-order valence-corrected chi connectivity index (χ1v) is 16.5. The number of hydrogen-bond acceptors (Lipinski definition) is 2. The zero-order valence-electron chi connectivity index (χ0n) is 24.8. The summed E-state index contributed by atoms with van der Waals surface area (Å²) in [6.07, 6.45) is 7.20. The number of hydrogen-bond donors (Lipinski definition) is 0. The molecule has 0 radical (unpaired) electrons. The lowest BCUT2D eigenvalue weighted by molar-refractivity contribution is 0.481. The van der Waals surface area contributed by atoms with Gasteiger partial charge in [-0.25, -0.2) is 0 Å². The van der Waals surface area contributed by atoms with E-state index in [9.17, 15) is 0 Å². The second-order valence-corrected chi connectivity index (χ2v) is 14.0. The molecule has 0 unspecified atom stereocenters. The maximum Gasteiger partial charge on any atom is 0.244 e. The van der Waals surface area contributed by atoms with Crippen LogP contribution < -0.4 is 21.3 Å². The molecule has 0 spiro atoms. The standard InChI is InChI=1S/C38H38BNS/c1-5-38(6-2)26-14-7-10-18-30(26)39-31-23-22-25(24-35(31)41-34-21-13-17-29(38)36(34)39)40-32-19-11-8-15-27(32)37(3,4)28-16-9-12-20-33(28)40/h7-8,10-11,13-15,17-19,21-24H,5-6,9,12,16,20H2,1-4H3. The van der Waals surface area contributed by atoms with Crippen molar-refractivity contribution in [3.8, 4) is 0 Å². The Kier molecular flexibility index (Phi) is 5.71. The Morgan fingerprint density at radius 2 is 1.46 bits per heavy atom. The molecule has 0 atom stereocenters. The Hall–Kier alpha value is -3.17. The number of para-hydroxylation sites is 1. The van der Waals surface area contributed by atoms with Gasteiger partial charge in [-0.05, 0) is 85.1 Å². The summed E-state index contributed by atoms with van der Waals surface area (Å²) in [4.78, 5) is 5.47. The summed E-state index contributed by atoms with van der Waals surface area (Å²) >= 11 is 1.99. The smallest absolute Gasteiger partial charge is 0.244 e. The summed E-state index contributed by atoms with van der Waals surface area (Å²) in [5, 5.41) is 0. The van der Waals surface area contributed by atoms with Gasteiger partial charge >= 0.3 is 0 Å². The van der Waals surface area contributed by atoms with E-state index in [0.717, 1.165) is 19.3 Å². The highest BCUT2D eigenvalue weighted by Crippen LogP contribution is 2.52. The first-order chi connectivity index (χ1) is 20.0. The molecule has 41 heavy (non-hydrogen) atoms. The van der Waals surface area contributed by atoms with Crippen LogP contribution in [-0.4, -0.2) is 6.71 Å². The molecule has 0 amide bonds. The van der Waals surface area contributed by atoms with Crippen LogP contribution in [0.3, 0.4) is 0 Å². The van der Waals surface area contributed by atoms with Crippen molar-refractivity contribution in [2.45, 2.75) is 86.8 Å². The monoisotopic (exact) mass is 551 g/mol. The predicted molar refractivity (Wildman–Crippen MR) is 177 cm³/mol. The van der Waals surface area contributed by atoms with Gasteiger partial charge in [0.2, 0.25) is 6.71 Å². The molecule has 0 saturated carbocycles. The Morgan fingerprint density at radius 3 is 2.29 bits per heavy atom. The minimum absolute atomic E-state index is 0.0814. The van der Waals surface area contributed by atoms with E-state index in [1.54, 1.807) is 22.3 Å². The van der Waals surface area contributed by atoms with Gasteiger partial charge in [0.1, 0.15) is 0 Å². The third-order valence-corrected chi connectivity index (χ3v) is 12.1. The van der Waals surface area contributed by atoms with Gasteiger partial charge in [0.05, 0.1) is 0 Å². The van der Waals surface area contributed by atoms with Crippen molar-refractivity contribution in [2.75, 3.05) is 4.90 Å². The lowest BCUT2D eigenvalue weighted by Gasteiger charge is -2.46. The SMILES string of the molecule is CCC1(CC)c2ccccc2B2c3ccc(N4C5=C(CCCC5)C(C)(C)c5ccccc54)cc3Sc3cccc1c32. The van der Waals surface area contributed by atoms with Crippen LogP contribution in [0.1, 0.15) is 82.9 Å². The van der Waals surface area contributed by atoms with E-state index >= 15 is 0 Å². The van der Waals surface area contributed by atoms with Crippen molar-refractivity contribution < 1.29 is 0 Å². The summed E-state index contributed by atoms with van der Waals surface area (Å²) < 4.78 is 0. The molecule has 4 aliphatic rings. The second kappa shape index (κ2) is 9.17. The lowest BCUT2D eigenvalue weighted by Crippen LogP contribution is -2.63. The van der Waals surface area contributed by atoms with E-state index in [-0.39, 0.29) is 10.8 Å². The van der Waals surface area contributed by atoms with Gasteiger partial charge in [0.25, 0.3) is 0 Å². The molecule has 0 bridgehead atoms. The molecule has 1 aliphatic carbocycles. The van der Waals surface area contributed by atoms with Crippen LogP contribution in [0.4, 0.5) is 11.4 Å². The van der Waals surface area contributed by atoms with Crippen molar-refractivity contribution in [1.82, 2.24) is 0 Å². The highest BCUT2D eigenvalue weighted by Gasteiger charge is 2.47. The first kappa shape index (κ1) is 25.5. The number of anilines is 2. The van der Waals surface area contributed by atoms with Gasteiger partial charge in [0, 0.05) is 37.7 Å². The van der Waals surface area contributed by atoms with Gasteiger partial charge in [-0.2, -0.15) is 0 Å². The Bertz CT molecular complexity index is 1740. The fourth-order valence-electron chi connectivity index (χ4n) is 8.88. The molecule has 0 aromatic heterocycles. The number of rotatable bonds is 3. The van der Waals surface area contributed by atoms with Crippen molar-refractivity contribution >= 4 is 46.2 Å². The first-order valence-electron chi connectivity index (χ1n) is 15.7. The molecular formula is C38H38BNS. The zero-order chi connectivity index (χ0) is 27.9. The van der Waals surface area contributed by atoms with Crippen LogP contribution in [0.25, 0.3) is 0 Å². The molecule has 4 aromatic carbocycles. The number of fused-ring (bicyclic) bond motifs is 5. The van der Waals surface area contributed by atoms with Gasteiger partial charge in [0.15, 0.2) is 0 Å². The summed E-state index contributed by atoms with van der Waals surface area (Å²) in [6, 6.07) is 33.0. The molecule has 204 valence electrons. The third kappa shape index (κ3) is 3.39. The van der Waals surface area contributed by atoms with E-state index in [4.69, 9.17) is 0 Å². The van der Waals surface area contributed by atoms with Crippen LogP contribution in [-0.2, 0) is 10.8 Å². The minimum Gasteiger partial charge on any atom is -0.314 e. The Labute approximate surface area is 250 Å². The van der Waals surface area contributed by atoms with Crippen LogP contribution >= 0.6 is 11.8 Å². The fourth-order valence-corrected chi connectivity index (χ4v) is 10.1. The van der Waals surface area contributed by atoms with Crippen LogP contribution in [0.15, 0.2) is 106 Å². The molecule has 8 rings (SSSR count). The van der Waals surface area contributed by atoms with Crippen LogP contribution in [0.2, 0.25) is 0 Å². The number of nitrogens with zero attached hydrogens (tertiary/aromatic N) is 1. The quantitative estimate of drug-likeness (QED) is 0.207. The average Bonchev–Trinajstić information content (AvgIpc) is 3.01. The second-order valence-electron chi connectivity index (χ2n) is 13.0. The highest BCUT2D eigenvalue weighted by atomic mass is 32.2. The van der Waals surface area contributed by atoms with Gasteiger partial charge in [-0.15, -0.1) is 0 Å². The molecule has 3 aliphatic heterocycles. The van der Waals surface area contributed by atoms with E-state index in [1.807, 2.05) is 11.8 Å². The van der Waals surface area contributed by atoms with Gasteiger partial charge < -0.3 is 4.90 Å². The van der Waals surface area contributed by atoms with E-state index in [2.05, 4.69) is 118 Å². The summed E-state index contributed by atoms with van der Waals surface area (Å²) in [6.45, 7) is 9.93. The molecule has 3 heterocycles. The molecule has 1 nitrogen and oxygen atoms in total. The molecule has 0 N–H and O–H groups in total. The van der Waals surface area contributed by atoms with Crippen molar-refractivity contribution in [1.29, 1.82) is 0 Å². The Balaban J connectivity index is 1.33. The van der Waals surface area contributed by atoms with Crippen LogP contribution in [0, 0.1) is 0 Å². The van der Waals surface area contributed by atoms with Gasteiger partial charge in [-0.1, -0.05) is 117 Å². The maximum absolute atomic E-state index is 2.62. The highest BCUT2D eigenvalue weighted by molar-refractivity contribution is 8.00. The number of allylic oxidation sites excluding steroid dienone is 2. The topological polar surface area (TPSA) is 3.24 Å². The largest absolute Gasteiger partial charge is 0.314 e. The maximum atomic E-state index is 2.62. The fraction of sp³-hybridized carbons (Fsp3) is 0.316.